The van der Waals surface area contributed by atoms with Crippen LogP contribution in [0.3, 0.4) is 0 Å². The predicted molar refractivity (Wildman–Crippen MR) is 94.0 cm³/mol. The van der Waals surface area contributed by atoms with E-state index < -0.39 is 0 Å². The maximum absolute atomic E-state index is 13.3. The molecule has 0 spiro atoms. The van der Waals surface area contributed by atoms with E-state index in [2.05, 4.69) is 26.3 Å². The number of aromatic amines is 1. The Morgan fingerprint density at radius 1 is 1.08 bits per heavy atom. The minimum absolute atomic E-state index is 0.0950. The lowest BCUT2D eigenvalue weighted by Gasteiger charge is -2.33. The topological polar surface area (TPSA) is 61.0 Å². The lowest BCUT2D eigenvalue weighted by atomic mass is 9.98. The standard InChI is InChI=1S/C19H20N4O/c24-18(16-6-5-14-3-1-2-4-15(14)13-16)17(19-21-7-8-22-19)23-11-9-20-10-12-23/h1-8,13,17,20H,9-12H2,(H,21,22). The Bertz CT molecular complexity index is 837. The Labute approximate surface area is 140 Å². The number of carbonyl (C=O) groups excluding carboxylic acids is 1. The number of carbonyl (C=O) groups is 1. The number of imidazole rings is 1. The van der Waals surface area contributed by atoms with E-state index in [1.54, 1.807) is 12.4 Å². The van der Waals surface area contributed by atoms with Crippen molar-refractivity contribution in [2.24, 2.45) is 0 Å². The van der Waals surface area contributed by atoms with Crippen LogP contribution in [0.4, 0.5) is 0 Å². The second kappa shape index (κ2) is 6.55. The molecule has 2 aromatic carbocycles. The number of piperazine rings is 1. The van der Waals surface area contributed by atoms with E-state index in [-0.39, 0.29) is 11.8 Å². The van der Waals surface area contributed by atoms with Gasteiger partial charge in [-0.3, -0.25) is 9.69 Å². The highest BCUT2D eigenvalue weighted by atomic mass is 16.1. The lowest BCUT2D eigenvalue weighted by molar-refractivity contribution is 0.0784. The van der Waals surface area contributed by atoms with Gasteiger partial charge in [0.25, 0.3) is 0 Å². The zero-order valence-corrected chi connectivity index (χ0v) is 13.4. The van der Waals surface area contributed by atoms with Crippen molar-refractivity contribution in [3.8, 4) is 0 Å². The number of aromatic nitrogens is 2. The first-order chi connectivity index (χ1) is 11.8. The van der Waals surface area contributed by atoms with Crippen LogP contribution in [0.1, 0.15) is 22.2 Å². The number of nitrogens with zero attached hydrogens (tertiary/aromatic N) is 2. The Morgan fingerprint density at radius 3 is 2.62 bits per heavy atom. The second-order valence-corrected chi connectivity index (χ2v) is 6.09. The highest BCUT2D eigenvalue weighted by Gasteiger charge is 2.31. The quantitative estimate of drug-likeness (QED) is 0.725. The molecule has 1 atom stereocenters. The first-order valence-electron chi connectivity index (χ1n) is 8.30. The third-order valence-electron chi connectivity index (χ3n) is 4.58. The van der Waals surface area contributed by atoms with E-state index >= 15 is 0 Å². The molecule has 1 aromatic heterocycles. The fourth-order valence-electron chi connectivity index (χ4n) is 3.33. The summed E-state index contributed by atoms with van der Waals surface area (Å²) >= 11 is 0. The van der Waals surface area contributed by atoms with Crippen LogP contribution in [-0.4, -0.2) is 46.8 Å². The Morgan fingerprint density at radius 2 is 1.88 bits per heavy atom. The summed E-state index contributed by atoms with van der Waals surface area (Å²) in [4.78, 5) is 23.0. The van der Waals surface area contributed by atoms with Gasteiger partial charge in [0.1, 0.15) is 11.9 Å². The van der Waals surface area contributed by atoms with Crippen molar-refractivity contribution in [3.05, 3.63) is 66.2 Å². The van der Waals surface area contributed by atoms with Crippen molar-refractivity contribution in [3.63, 3.8) is 0 Å². The van der Waals surface area contributed by atoms with Crippen molar-refractivity contribution >= 4 is 16.6 Å². The molecule has 2 N–H and O–H groups in total. The molecular weight excluding hydrogens is 300 g/mol. The SMILES string of the molecule is O=C(c1ccc2ccccc2c1)C(c1ncc[nH]1)N1CCNCC1. The van der Waals surface area contributed by atoms with Gasteiger partial charge in [0, 0.05) is 44.1 Å². The van der Waals surface area contributed by atoms with E-state index in [0.717, 1.165) is 48.3 Å². The summed E-state index contributed by atoms with van der Waals surface area (Å²) < 4.78 is 0. The molecule has 5 heteroatoms. The van der Waals surface area contributed by atoms with Crippen LogP contribution in [0.2, 0.25) is 0 Å². The van der Waals surface area contributed by atoms with Crippen molar-refractivity contribution < 1.29 is 4.79 Å². The average molecular weight is 320 g/mol. The molecular formula is C19H20N4O. The third-order valence-corrected chi connectivity index (χ3v) is 4.58. The molecule has 0 aliphatic carbocycles. The van der Waals surface area contributed by atoms with Crippen LogP contribution >= 0.6 is 0 Å². The number of fused-ring (bicyclic) bond motifs is 1. The molecule has 1 saturated heterocycles. The van der Waals surface area contributed by atoms with Gasteiger partial charge in [0.05, 0.1) is 0 Å². The van der Waals surface area contributed by atoms with Gasteiger partial charge in [-0.25, -0.2) is 4.98 Å². The fourth-order valence-corrected chi connectivity index (χ4v) is 3.33. The molecule has 0 radical (unpaired) electrons. The lowest BCUT2D eigenvalue weighted by Crippen LogP contribution is -2.47. The summed E-state index contributed by atoms with van der Waals surface area (Å²) in [6, 6.07) is 13.7. The molecule has 1 aliphatic heterocycles. The molecule has 4 rings (SSSR count). The largest absolute Gasteiger partial charge is 0.347 e. The van der Waals surface area contributed by atoms with Gasteiger partial charge in [-0.1, -0.05) is 36.4 Å². The van der Waals surface area contributed by atoms with Gasteiger partial charge in [-0.2, -0.15) is 0 Å². The van der Waals surface area contributed by atoms with E-state index in [0.29, 0.717) is 0 Å². The Hall–Kier alpha value is -2.50. The van der Waals surface area contributed by atoms with Crippen LogP contribution in [0.15, 0.2) is 54.9 Å². The number of benzene rings is 2. The van der Waals surface area contributed by atoms with Gasteiger partial charge < -0.3 is 10.3 Å². The smallest absolute Gasteiger partial charge is 0.187 e. The molecule has 0 saturated carbocycles. The van der Waals surface area contributed by atoms with Crippen molar-refractivity contribution in [2.75, 3.05) is 26.2 Å². The summed E-state index contributed by atoms with van der Waals surface area (Å²) in [6.45, 7) is 3.46. The van der Waals surface area contributed by atoms with Gasteiger partial charge >= 0.3 is 0 Å². The summed E-state index contributed by atoms with van der Waals surface area (Å²) in [5.41, 5.74) is 0.730. The number of Topliss-reactive ketones (excluding diaryl/α,β-unsaturated/α-hetero) is 1. The molecule has 5 nitrogen and oxygen atoms in total. The zero-order chi connectivity index (χ0) is 16.4. The van der Waals surface area contributed by atoms with Crippen molar-refractivity contribution in [1.82, 2.24) is 20.2 Å². The van der Waals surface area contributed by atoms with Crippen LogP contribution in [0, 0.1) is 0 Å². The van der Waals surface area contributed by atoms with Crippen LogP contribution in [0.5, 0.6) is 0 Å². The maximum Gasteiger partial charge on any atom is 0.187 e. The number of ketones is 1. The van der Waals surface area contributed by atoms with E-state index in [9.17, 15) is 4.79 Å². The van der Waals surface area contributed by atoms with Gasteiger partial charge in [-0.15, -0.1) is 0 Å². The van der Waals surface area contributed by atoms with E-state index in [1.807, 2.05) is 36.4 Å². The van der Waals surface area contributed by atoms with Gasteiger partial charge in [-0.05, 0) is 16.8 Å². The first-order valence-corrected chi connectivity index (χ1v) is 8.30. The zero-order valence-electron chi connectivity index (χ0n) is 13.4. The minimum atomic E-state index is -0.358. The fraction of sp³-hybridized carbons (Fsp3) is 0.263. The van der Waals surface area contributed by atoms with Crippen molar-refractivity contribution in [1.29, 1.82) is 0 Å². The number of hydrogen-bond acceptors (Lipinski definition) is 4. The van der Waals surface area contributed by atoms with E-state index in [1.165, 1.54) is 0 Å². The van der Waals surface area contributed by atoms with Crippen LogP contribution in [-0.2, 0) is 0 Å². The highest BCUT2D eigenvalue weighted by molar-refractivity contribution is 6.03. The van der Waals surface area contributed by atoms with Gasteiger partial charge in [0.2, 0.25) is 0 Å². The van der Waals surface area contributed by atoms with E-state index in [4.69, 9.17) is 0 Å². The molecule has 3 aromatic rings. The molecule has 1 unspecified atom stereocenters. The molecule has 24 heavy (non-hydrogen) atoms. The highest BCUT2D eigenvalue weighted by Crippen LogP contribution is 2.25. The molecule has 1 fully saturated rings. The maximum atomic E-state index is 13.3. The monoisotopic (exact) mass is 320 g/mol. The first kappa shape index (κ1) is 15.1. The predicted octanol–water partition coefficient (Wildman–Crippen LogP) is 2.39. The summed E-state index contributed by atoms with van der Waals surface area (Å²) in [5.74, 6) is 0.813. The summed E-state index contributed by atoms with van der Waals surface area (Å²) in [7, 11) is 0. The number of H-pyrrole nitrogens is 1. The normalized spacial score (nSPS) is 17.0. The average Bonchev–Trinajstić information content (AvgIpc) is 3.16. The number of nitrogens with one attached hydrogen (secondary N) is 2. The van der Waals surface area contributed by atoms with Crippen LogP contribution in [0.25, 0.3) is 10.8 Å². The van der Waals surface area contributed by atoms with Gasteiger partial charge in [0.15, 0.2) is 5.78 Å². The third kappa shape index (κ3) is 2.84. The molecule has 0 bridgehead atoms. The summed E-state index contributed by atoms with van der Waals surface area (Å²) in [5, 5.41) is 5.56. The Balaban J connectivity index is 1.71. The molecule has 0 amide bonds. The van der Waals surface area contributed by atoms with Crippen molar-refractivity contribution in [2.45, 2.75) is 6.04 Å². The molecule has 122 valence electrons. The second-order valence-electron chi connectivity index (χ2n) is 6.09. The van der Waals surface area contributed by atoms with Crippen LogP contribution < -0.4 is 5.32 Å². The number of rotatable bonds is 4. The summed E-state index contributed by atoms with van der Waals surface area (Å²) in [6.07, 6.45) is 3.48. The molecule has 2 heterocycles. The Kier molecular flexibility index (Phi) is 4.11. The minimum Gasteiger partial charge on any atom is -0.347 e. The molecule has 1 aliphatic rings. The number of hydrogen-bond donors (Lipinski definition) is 2.